The van der Waals surface area contributed by atoms with E-state index in [2.05, 4.69) is 16.0 Å². The van der Waals surface area contributed by atoms with E-state index in [0.717, 1.165) is 16.1 Å². The fourth-order valence-corrected chi connectivity index (χ4v) is 2.52. The quantitative estimate of drug-likeness (QED) is 0.766. The van der Waals surface area contributed by atoms with Gasteiger partial charge in [-0.2, -0.15) is 0 Å². The van der Waals surface area contributed by atoms with E-state index in [1.807, 2.05) is 48.7 Å². The zero-order chi connectivity index (χ0) is 15.8. The van der Waals surface area contributed by atoms with Gasteiger partial charge in [-0.3, -0.25) is 4.79 Å². The summed E-state index contributed by atoms with van der Waals surface area (Å²) in [5.41, 5.74) is 1.86. The van der Waals surface area contributed by atoms with Gasteiger partial charge in [0.2, 0.25) is 5.91 Å². The van der Waals surface area contributed by atoms with Crippen LogP contribution in [0.4, 0.5) is 10.5 Å². The van der Waals surface area contributed by atoms with Gasteiger partial charge in [0.15, 0.2) is 0 Å². The summed E-state index contributed by atoms with van der Waals surface area (Å²) in [6, 6.07) is 11.2. The predicted molar refractivity (Wildman–Crippen MR) is 89.0 cm³/mol. The molecule has 3 amide bonds. The summed E-state index contributed by atoms with van der Waals surface area (Å²) in [7, 11) is 0. The molecule has 5 nitrogen and oxygen atoms in total. The minimum absolute atomic E-state index is 0.121. The predicted octanol–water partition coefficient (Wildman–Crippen LogP) is 2.88. The third kappa shape index (κ3) is 5.57. The second-order valence-corrected chi connectivity index (χ2v) is 5.89. The molecule has 1 heterocycles. The Bertz CT molecular complexity index is 626. The molecule has 2 rings (SSSR count). The fraction of sp³-hybridized carbons (Fsp3) is 0.250. The van der Waals surface area contributed by atoms with Crippen molar-refractivity contribution in [1.82, 2.24) is 10.6 Å². The number of urea groups is 1. The van der Waals surface area contributed by atoms with Gasteiger partial charge in [-0.1, -0.05) is 18.2 Å². The molecule has 0 spiro atoms. The molecule has 0 saturated carbocycles. The summed E-state index contributed by atoms with van der Waals surface area (Å²) in [5.74, 6) is -0.121. The molecule has 6 heteroatoms. The van der Waals surface area contributed by atoms with Gasteiger partial charge in [-0.05, 0) is 36.1 Å². The van der Waals surface area contributed by atoms with Crippen molar-refractivity contribution in [2.24, 2.45) is 0 Å². The monoisotopic (exact) mass is 317 g/mol. The largest absolute Gasteiger partial charge is 0.338 e. The van der Waals surface area contributed by atoms with Crippen molar-refractivity contribution >= 4 is 29.0 Å². The van der Waals surface area contributed by atoms with Gasteiger partial charge >= 0.3 is 6.03 Å². The number of rotatable bonds is 6. The number of benzene rings is 1. The number of carbonyl (C=O) groups excluding carboxylic acids is 2. The number of nitrogens with one attached hydrogen (secondary N) is 3. The molecule has 0 radical (unpaired) electrons. The first-order chi connectivity index (χ1) is 10.6. The van der Waals surface area contributed by atoms with E-state index < -0.39 is 0 Å². The summed E-state index contributed by atoms with van der Waals surface area (Å²) < 4.78 is 0. The molecule has 0 aliphatic rings. The molecule has 0 fully saturated rings. The Morgan fingerprint density at radius 3 is 2.73 bits per heavy atom. The summed E-state index contributed by atoms with van der Waals surface area (Å²) >= 11 is 1.59. The van der Waals surface area contributed by atoms with Crippen molar-refractivity contribution < 1.29 is 9.59 Å². The molecular formula is C16H19N3O2S. The molecule has 0 atom stereocenters. The molecule has 2 aromatic rings. The zero-order valence-corrected chi connectivity index (χ0v) is 13.2. The number of carbonyl (C=O) groups is 2. The standard InChI is InChI=1S/C16H19N3O2S/c1-12-4-2-5-13(10-12)19-15(20)7-8-17-16(21)18-11-14-6-3-9-22-14/h2-6,9-10H,7-8,11H2,1H3,(H,19,20)(H2,17,18,21). The molecule has 0 aliphatic heterocycles. The highest BCUT2D eigenvalue weighted by molar-refractivity contribution is 7.09. The lowest BCUT2D eigenvalue weighted by Crippen LogP contribution is -2.36. The Morgan fingerprint density at radius 2 is 2.00 bits per heavy atom. The first-order valence-electron chi connectivity index (χ1n) is 7.04. The molecular weight excluding hydrogens is 298 g/mol. The molecule has 0 bridgehead atoms. The second-order valence-electron chi connectivity index (χ2n) is 4.86. The van der Waals surface area contributed by atoms with Gasteiger partial charge in [0.25, 0.3) is 0 Å². The zero-order valence-electron chi connectivity index (χ0n) is 12.4. The van der Waals surface area contributed by atoms with Crippen LogP contribution >= 0.6 is 11.3 Å². The average molecular weight is 317 g/mol. The molecule has 0 aliphatic carbocycles. The highest BCUT2D eigenvalue weighted by Crippen LogP contribution is 2.09. The fourth-order valence-electron chi connectivity index (χ4n) is 1.88. The lowest BCUT2D eigenvalue weighted by atomic mass is 10.2. The second kappa shape index (κ2) is 8.19. The Morgan fingerprint density at radius 1 is 1.14 bits per heavy atom. The van der Waals surface area contributed by atoms with Crippen LogP contribution in [0, 0.1) is 6.92 Å². The van der Waals surface area contributed by atoms with Crippen LogP contribution in [0.5, 0.6) is 0 Å². The maximum atomic E-state index is 11.8. The Labute approximate surface area is 133 Å². The highest BCUT2D eigenvalue weighted by Gasteiger charge is 2.05. The van der Waals surface area contributed by atoms with E-state index in [1.165, 1.54) is 0 Å². The van der Waals surface area contributed by atoms with E-state index in [-0.39, 0.29) is 18.4 Å². The van der Waals surface area contributed by atoms with Crippen molar-refractivity contribution in [3.05, 3.63) is 52.2 Å². The Balaban J connectivity index is 1.63. The number of amides is 3. The molecule has 3 N–H and O–H groups in total. The van der Waals surface area contributed by atoms with Gasteiger partial charge in [0.05, 0.1) is 6.54 Å². The summed E-state index contributed by atoms with van der Waals surface area (Å²) in [4.78, 5) is 24.4. The van der Waals surface area contributed by atoms with Crippen LogP contribution in [0.2, 0.25) is 0 Å². The summed E-state index contributed by atoms with van der Waals surface area (Å²) in [6.07, 6.45) is 0.236. The van der Waals surface area contributed by atoms with Crippen LogP contribution in [-0.2, 0) is 11.3 Å². The van der Waals surface area contributed by atoms with Gasteiger partial charge in [0.1, 0.15) is 0 Å². The minimum atomic E-state index is -0.267. The lowest BCUT2D eigenvalue weighted by molar-refractivity contribution is -0.116. The first-order valence-corrected chi connectivity index (χ1v) is 7.92. The SMILES string of the molecule is Cc1cccc(NC(=O)CCNC(=O)NCc2cccs2)c1. The van der Waals surface area contributed by atoms with E-state index in [4.69, 9.17) is 0 Å². The smallest absolute Gasteiger partial charge is 0.315 e. The highest BCUT2D eigenvalue weighted by atomic mass is 32.1. The van der Waals surface area contributed by atoms with E-state index in [9.17, 15) is 9.59 Å². The van der Waals surface area contributed by atoms with Crippen LogP contribution < -0.4 is 16.0 Å². The van der Waals surface area contributed by atoms with Gasteiger partial charge in [-0.15, -0.1) is 11.3 Å². The Kier molecular flexibility index (Phi) is 5.97. The minimum Gasteiger partial charge on any atom is -0.338 e. The van der Waals surface area contributed by atoms with Crippen LogP contribution in [0.15, 0.2) is 41.8 Å². The first kappa shape index (κ1) is 16.0. The topological polar surface area (TPSA) is 70.2 Å². The van der Waals surface area contributed by atoms with Crippen molar-refractivity contribution in [2.75, 3.05) is 11.9 Å². The summed E-state index contributed by atoms with van der Waals surface area (Å²) in [6.45, 7) is 2.77. The van der Waals surface area contributed by atoms with E-state index in [0.29, 0.717) is 13.1 Å². The molecule has 1 aromatic heterocycles. The number of hydrogen-bond donors (Lipinski definition) is 3. The van der Waals surface area contributed by atoms with Gasteiger partial charge in [0, 0.05) is 23.5 Å². The number of hydrogen-bond acceptors (Lipinski definition) is 3. The summed E-state index contributed by atoms with van der Waals surface area (Å²) in [5, 5.41) is 10.2. The molecule has 1 aromatic carbocycles. The van der Waals surface area contributed by atoms with Crippen LogP contribution in [0.1, 0.15) is 16.9 Å². The lowest BCUT2D eigenvalue weighted by Gasteiger charge is -2.08. The average Bonchev–Trinajstić information content (AvgIpc) is 2.98. The molecule has 22 heavy (non-hydrogen) atoms. The van der Waals surface area contributed by atoms with Crippen LogP contribution in [0.3, 0.4) is 0 Å². The normalized spacial score (nSPS) is 10.0. The van der Waals surface area contributed by atoms with Gasteiger partial charge in [-0.25, -0.2) is 4.79 Å². The molecule has 0 saturated heterocycles. The van der Waals surface area contributed by atoms with Crippen LogP contribution in [-0.4, -0.2) is 18.5 Å². The van der Waals surface area contributed by atoms with Crippen LogP contribution in [0.25, 0.3) is 0 Å². The third-order valence-corrected chi connectivity index (χ3v) is 3.82. The van der Waals surface area contributed by atoms with Crippen molar-refractivity contribution in [1.29, 1.82) is 0 Å². The molecule has 0 unspecified atom stereocenters. The number of anilines is 1. The Hall–Kier alpha value is -2.34. The maximum Gasteiger partial charge on any atom is 0.315 e. The molecule has 116 valence electrons. The van der Waals surface area contributed by atoms with Crippen molar-refractivity contribution in [2.45, 2.75) is 19.9 Å². The van der Waals surface area contributed by atoms with Gasteiger partial charge < -0.3 is 16.0 Å². The van der Waals surface area contributed by atoms with E-state index in [1.54, 1.807) is 11.3 Å². The van der Waals surface area contributed by atoms with E-state index >= 15 is 0 Å². The number of aryl methyl sites for hydroxylation is 1. The third-order valence-electron chi connectivity index (χ3n) is 2.94. The number of thiophene rings is 1. The maximum absolute atomic E-state index is 11.8. The van der Waals surface area contributed by atoms with Crippen molar-refractivity contribution in [3.63, 3.8) is 0 Å². The van der Waals surface area contributed by atoms with Crippen molar-refractivity contribution in [3.8, 4) is 0 Å².